The Morgan fingerprint density at radius 3 is 2.43 bits per heavy atom. The molecule has 4 N–H and O–H groups in total. The smallest absolute Gasteiger partial charge is 0.224 e. The molecule has 1 amide bonds. The number of benzene rings is 1. The molecule has 1 rings (SSSR count). The van der Waals surface area contributed by atoms with Gasteiger partial charge in [-0.3, -0.25) is 4.79 Å². The lowest BCUT2D eigenvalue weighted by molar-refractivity contribution is -0.120. The predicted molar refractivity (Wildman–Crippen MR) is 80.0 cm³/mol. The monoisotopic (exact) mass is 313 g/mol. The highest BCUT2D eigenvalue weighted by atomic mass is 32.2. The van der Waals surface area contributed by atoms with Gasteiger partial charge in [0.1, 0.15) is 9.84 Å². The molecule has 0 aliphatic carbocycles. The van der Waals surface area contributed by atoms with Crippen LogP contribution < -0.4 is 11.1 Å². The number of nitrogens with one attached hydrogen (secondary N) is 1. The van der Waals surface area contributed by atoms with Crippen molar-refractivity contribution in [3.63, 3.8) is 0 Å². The Morgan fingerprint density at radius 2 is 1.95 bits per heavy atom. The quantitative estimate of drug-likeness (QED) is 0.292. The zero-order chi connectivity index (χ0) is 16.0. The number of carbonyl (C=O) groups is 1. The third kappa shape index (κ3) is 6.26. The van der Waals surface area contributed by atoms with Crippen molar-refractivity contribution < 1.29 is 18.4 Å². The fourth-order valence-electron chi connectivity index (χ4n) is 1.86. The van der Waals surface area contributed by atoms with E-state index in [-0.39, 0.29) is 23.9 Å². The number of hydrogen-bond acceptors (Lipinski definition) is 5. The van der Waals surface area contributed by atoms with Gasteiger partial charge >= 0.3 is 0 Å². The molecule has 0 aliphatic rings. The summed E-state index contributed by atoms with van der Waals surface area (Å²) in [7, 11) is -3.13. The second-order valence-electron chi connectivity index (χ2n) is 4.92. The SMILES string of the molecule is CC(CS(C)(=O)=O)NC(=O)Cc1ccc(C(N)=NO)cc1. The van der Waals surface area contributed by atoms with Crippen molar-refractivity contribution in [3.8, 4) is 0 Å². The van der Waals surface area contributed by atoms with Gasteiger partial charge in [0.05, 0.1) is 12.2 Å². The first-order valence-electron chi connectivity index (χ1n) is 6.25. The Balaban J connectivity index is 2.59. The van der Waals surface area contributed by atoms with Crippen LogP contribution in [-0.4, -0.2) is 43.4 Å². The summed E-state index contributed by atoms with van der Waals surface area (Å²) < 4.78 is 22.2. The molecule has 0 bridgehead atoms. The molecule has 0 spiro atoms. The fourth-order valence-corrected chi connectivity index (χ4v) is 2.85. The largest absolute Gasteiger partial charge is 0.409 e. The standard InChI is InChI=1S/C13H19N3O4S/c1-9(8-21(2,19)20)15-12(17)7-10-3-5-11(6-4-10)13(14)16-18/h3-6,9,18H,7-8H2,1-2H3,(H2,14,16)(H,15,17). The van der Waals surface area contributed by atoms with Crippen LogP contribution in [0.1, 0.15) is 18.1 Å². The maximum absolute atomic E-state index is 11.8. The van der Waals surface area contributed by atoms with Crippen molar-refractivity contribution in [2.45, 2.75) is 19.4 Å². The summed E-state index contributed by atoms with van der Waals surface area (Å²) in [5, 5.41) is 14.1. The van der Waals surface area contributed by atoms with Crippen molar-refractivity contribution in [3.05, 3.63) is 35.4 Å². The number of oxime groups is 1. The van der Waals surface area contributed by atoms with Crippen LogP contribution in [0.5, 0.6) is 0 Å². The molecule has 116 valence electrons. The van der Waals surface area contributed by atoms with E-state index in [0.29, 0.717) is 5.56 Å². The lowest BCUT2D eigenvalue weighted by atomic mass is 10.1. The van der Waals surface area contributed by atoms with Crippen LogP contribution in [0.25, 0.3) is 0 Å². The molecule has 1 aromatic rings. The van der Waals surface area contributed by atoms with E-state index in [2.05, 4.69) is 10.5 Å². The Labute approximate surface area is 123 Å². The molecule has 0 aromatic heterocycles. The molecule has 8 heteroatoms. The predicted octanol–water partition coefficient (Wildman–Crippen LogP) is -0.127. The zero-order valence-corrected chi connectivity index (χ0v) is 12.7. The second kappa shape index (κ2) is 7.07. The number of nitrogens with zero attached hydrogens (tertiary/aromatic N) is 1. The van der Waals surface area contributed by atoms with Crippen LogP contribution in [0.3, 0.4) is 0 Å². The van der Waals surface area contributed by atoms with E-state index < -0.39 is 15.9 Å². The summed E-state index contributed by atoms with van der Waals surface area (Å²) >= 11 is 0. The number of rotatable bonds is 6. The van der Waals surface area contributed by atoms with E-state index in [1.54, 1.807) is 31.2 Å². The van der Waals surface area contributed by atoms with Crippen LogP contribution in [0.2, 0.25) is 0 Å². The lowest BCUT2D eigenvalue weighted by Crippen LogP contribution is -2.38. The van der Waals surface area contributed by atoms with E-state index in [9.17, 15) is 13.2 Å². The van der Waals surface area contributed by atoms with Crippen LogP contribution in [0.15, 0.2) is 29.4 Å². The summed E-state index contributed by atoms with van der Waals surface area (Å²) in [6.07, 6.45) is 1.26. The van der Waals surface area contributed by atoms with Gasteiger partial charge in [-0.1, -0.05) is 29.4 Å². The van der Waals surface area contributed by atoms with Crippen LogP contribution in [0.4, 0.5) is 0 Å². The normalized spacial score (nSPS) is 13.7. The van der Waals surface area contributed by atoms with E-state index in [1.807, 2.05) is 0 Å². The van der Waals surface area contributed by atoms with Crippen LogP contribution in [0, 0.1) is 0 Å². The van der Waals surface area contributed by atoms with Crippen LogP contribution >= 0.6 is 0 Å². The van der Waals surface area contributed by atoms with Gasteiger partial charge in [0, 0.05) is 17.9 Å². The van der Waals surface area contributed by atoms with Crippen molar-refractivity contribution >= 4 is 21.6 Å². The fraction of sp³-hybridized carbons (Fsp3) is 0.385. The summed E-state index contributed by atoms with van der Waals surface area (Å²) in [6.45, 7) is 1.64. The molecular formula is C13H19N3O4S. The van der Waals surface area contributed by atoms with E-state index in [1.165, 1.54) is 0 Å². The minimum absolute atomic E-state index is 0.00669. The first kappa shape index (κ1) is 17.0. The number of hydrogen-bond donors (Lipinski definition) is 3. The van der Waals surface area contributed by atoms with Crippen molar-refractivity contribution in [1.29, 1.82) is 0 Å². The number of amidine groups is 1. The van der Waals surface area contributed by atoms with E-state index >= 15 is 0 Å². The average molecular weight is 313 g/mol. The van der Waals surface area contributed by atoms with Crippen molar-refractivity contribution in [1.82, 2.24) is 5.32 Å². The molecule has 0 saturated carbocycles. The van der Waals surface area contributed by atoms with Crippen molar-refractivity contribution in [2.75, 3.05) is 12.0 Å². The zero-order valence-electron chi connectivity index (χ0n) is 11.9. The van der Waals surface area contributed by atoms with Crippen LogP contribution in [-0.2, 0) is 21.1 Å². The lowest BCUT2D eigenvalue weighted by Gasteiger charge is -2.12. The Bertz CT molecular complexity index is 623. The first-order chi connectivity index (χ1) is 9.71. The summed E-state index contributed by atoms with van der Waals surface area (Å²) in [5.41, 5.74) is 6.73. The maximum Gasteiger partial charge on any atom is 0.224 e. The first-order valence-corrected chi connectivity index (χ1v) is 8.31. The van der Waals surface area contributed by atoms with Gasteiger partial charge in [0.2, 0.25) is 5.91 Å². The highest BCUT2D eigenvalue weighted by Crippen LogP contribution is 2.05. The average Bonchev–Trinajstić information content (AvgIpc) is 2.36. The highest BCUT2D eigenvalue weighted by molar-refractivity contribution is 7.90. The number of carbonyl (C=O) groups excluding carboxylic acids is 1. The summed E-state index contributed by atoms with van der Waals surface area (Å²) in [6, 6.07) is 6.21. The minimum atomic E-state index is -3.13. The summed E-state index contributed by atoms with van der Waals surface area (Å²) in [5.74, 6) is -0.364. The Kier molecular flexibility index (Phi) is 5.71. The van der Waals surface area contributed by atoms with Crippen molar-refractivity contribution in [2.24, 2.45) is 10.9 Å². The maximum atomic E-state index is 11.8. The highest BCUT2D eigenvalue weighted by Gasteiger charge is 2.13. The summed E-state index contributed by atoms with van der Waals surface area (Å²) in [4.78, 5) is 11.8. The van der Waals surface area contributed by atoms with Gasteiger partial charge in [0.15, 0.2) is 5.84 Å². The van der Waals surface area contributed by atoms with Gasteiger partial charge in [-0.15, -0.1) is 0 Å². The Morgan fingerprint density at radius 1 is 1.38 bits per heavy atom. The molecule has 0 fully saturated rings. The van der Waals surface area contributed by atoms with Gasteiger partial charge < -0.3 is 16.3 Å². The third-order valence-electron chi connectivity index (χ3n) is 2.68. The van der Waals surface area contributed by atoms with Gasteiger partial charge in [-0.05, 0) is 12.5 Å². The van der Waals surface area contributed by atoms with Gasteiger partial charge in [-0.25, -0.2) is 8.42 Å². The topological polar surface area (TPSA) is 122 Å². The molecule has 1 atom stereocenters. The number of sulfone groups is 1. The Hall–Kier alpha value is -2.09. The second-order valence-corrected chi connectivity index (χ2v) is 7.10. The molecule has 0 saturated heterocycles. The molecule has 0 aliphatic heterocycles. The van der Waals surface area contributed by atoms with Gasteiger partial charge in [0.25, 0.3) is 0 Å². The van der Waals surface area contributed by atoms with Gasteiger partial charge in [-0.2, -0.15) is 0 Å². The molecule has 1 unspecified atom stereocenters. The molecule has 21 heavy (non-hydrogen) atoms. The number of nitrogens with two attached hydrogens (primary N) is 1. The molecular weight excluding hydrogens is 294 g/mol. The molecule has 7 nitrogen and oxygen atoms in total. The van der Waals surface area contributed by atoms with E-state index in [4.69, 9.17) is 10.9 Å². The number of amides is 1. The molecule has 1 aromatic carbocycles. The molecule has 0 heterocycles. The van der Waals surface area contributed by atoms with E-state index in [0.717, 1.165) is 11.8 Å². The third-order valence-corrected chi connectivity index (χ3v) is 3.79. The molecule has 0 radical (unpaired) electrons. The minimum Gasteiger partial charge on any atom is -0.409 e.